The predicted molar refractivity (Wildman–Crippen MR) is 99.7 cm³/mol. The van der Waals surface area contributed by atoms with Crippen molar-refractivity contribution in [2.24, 2.45) is 0 Å². The lowest BCUT2D eigenvalue weighted by molar-refractivity contribution is -0.267. The molecule has 0 saturated heterocycles. The Hall–Kier alpha value is -2.83. The van der Waals surface area contributed by atoms with Gasteiger partial charge in [-0.25, -0.2) is 9.68 Å². The molecule has 0 aliphatic rings. The molecule has 1 heterocycles. The second-order valence-electron chi connectivity index (χ2n) is 6.16. The van der Waals surface area contributed by atoms with Crippen molar-refractivity contribution in [3.63, 3.8) is 0 Å². The van der Waals surface area contributed by atoms with Crippen LogP contribution >= 0.6 is 0 Å². The minimum atomic E-state index is -0.649. The van der Waals surface area contributed by atoms with Crippen molar-refractivity contribution in [2.45, 2.75) is 19.4 Å². The predicted octanol–water partition coefficient (Wildman–Crippen LogP) is 4.09. The minimum absolute atomic E-state index is 0.263. The molecule has 136 valence electrons. The number of para-hydroxylation sites is 1. The number of benzene rings is 2. The molecule has 6 heteroatoms. The third-order valence-electron chi connectivity index (χ3n) is 4.55. The van der Waals surface area contributed by atoms with Crippen molar-refractivity contribution in [2.75, 3.05) is 14.2 Å². The van der Waals surface area contributed by atoms with E-state index in [2.05, 4.69) is 16.5 Å². The highest BCUT2D eigenvalue weighted by atomic mass is 17.1. The van der Waals surface area contributed by atoms with E-state index in [0.29, 0.717) is 22.4 Å². The molecule has 3 aromatic rings. The van der Waals surface area contributed by atoms with Gasteiger partial charge in [0.05, 0.1) is 25.3 Å². The van der Waals surface area contributed by atoms with Crippen LogP contribution in [-0.2, 0) is 16.0 Å². The highest BCUT2D eigenvalue weighted by molar-refractivity contribution is 6.14. The maximum absolute atomic E-state index is 12.4. The molecule has 3 rings (SSSR count). The average molecular weight is 355 g/mol. The lowest BCUT2D eigenvalue weighted by Gasteiger charge is -2.18. The molecule has 0 amide bonds. The zero-order valence-corrected chi connectivity index (χ0v) is 15.0. The summed E-state index contributed by atoms with van der Waals surface area (Å²) in [5, 5.41) is 11.1. The first-order chi connectivity index (χ1) is 12.5. The largest absolute Gasteiger partial charge is 0.495 e. The lowest BCUT2D eigenvalue weighted by atomic mass is 9.93. The highest BCUT2D eigenvalue weighted by Crippen LogP contribution is 2.38. The number of fused-ring (bicyclic) bond motifs is 3. The van der Waals surface area contributed by atoms with E-state index in [1.165, 1.54) is 7.11 Å². The number of hydrogen-bond acceptors (Lipinski definition) is 5. The number of ether oxygens (including phenoxy) is 2. The van der Waals surface area contributed by atoms with Crippen molar-refractivity contribution in [3.05, 3.63) is 53.6 Å². The van der Waals surface area contributed by atoms with Gasteiger partial charge in [-0.05, 0) is 30.2 Å². The molecule has 0 saturated carbocycles. The number of carbonyl (C=O) groups excluding carboxylic acids is 1. The van der Waals surface area contributed by atoms with Crippen LogP contribution in [0, 0.1) is 0 Å². The summed E-state index contributed by atoms with van der Waals surface area (Å²) >= 11 is 0. The highest BCUT2D eigenvalue weighted by Gasteiger charge is 2.24. The number of esters is 1. The van der Waals surface area contributed by atoms with Gasteiger partial charge in [-0.3, -0.25) is 5.26 Å². The fourth-order valence-corrected chi connectivity index (χ4v) is 3.22. The zero-order valence-electron chi connectivity index (χ0n) is 15.0. The van der Waals surface area contributed by atoms with Crippen LogP contribution in [0.4, 0.5) is 0 Å². The Bertz CT molecular complexity index is 989. The Balaban J connectivity index is 2.40. The summed E-state index contributed by atoms with van der Waals surface area (Å²) in [5.74, 6) is 0.0565. The Labute approximate surface area is 150 Å². The first-order valence-electron chi connectivity index (χ1n) is 8.16. The number of hydrogen-bond donors (Lipinski definition) is 2. The molecule has 1 unspecified atom stereocenters. The number of H-pyrrole nitrogens is 1. The second kappa shape index (κ2) is 7.19. The molecule has 0 radical (unpaired) electrons. The molecule has 0 aliphatic carbocycles. The van der Waals surface area contributed by atoms with E-state index in [0.717, 1.165) is 21.8 Å². The molecular formula is C20H21NO5. The van der Waals surface area contributed by atoms with Gasteiger partial charge in [-0.1, -0.05) is 24.8 Å². The molecule has 0 bridgehead atoms. The van der Waals surface area contributed by atoms with Crippen LogP contribution in [0.5, 0.6) is 5.75 Å². The molecule has 0 fully saturated rings. The van der Waals surface area contributed by atoms with E-state index >= 15 is 0 Å². The summed E-state index contributed by atoms with van der Waals surface area (Å²) in [6.07, 6.45) is -0.387. The molecule has 0 spiro atoms. The van der Waals surface area contributed by atoms with Gasteiger partial charge < -0.3 is 14.5 Å². The molecule has 6 nitrogen and oxygen atoms in total. The summed E-state index contributed by atoms with van der Waals surface area (Å²) in [4.78, 5) is 20.4. The maximum atomic E-state index is 12.4. The van der Waals surface area contributed by atoms with E-state index in [9.17, 15) is 10.1 Å². The van der Waals surface area contributed by atoms with Crippen LogP contribution in [0.3, 0.4) is 0 Å². The number of methoxy groups -OCH3 is 2. The van der Waals surface area contributed by atoms with Gasteiger partial charge in [0.15, 0.2) is 0 Å². The fourth-order valence-electron chi connectivity index (χ4n) is 3.22. The van der Waals surface area contributed by atoms with Crippen molar-refractivity contribution in [1.29, 1.82) is 0 Å². The Morgan fingerprint density at radius 1 is 1.31 bits per heavy atom. The smallest absolute Gasteiger partial charge is 0.338 e. The van der Waals surface area contributed by atoms with Crippen LogP contribution in [0.25, 0.3) is 21.8 Å². The van der Waals surface area contributed by atoms with E-state index < -0.39 is 12.1 Å². The number of carbonyl (C=O) groups is 1. The molecule has 1 atom stereocenters. The second-order valence-corrected chi connectivity index (χ2v) is 6.16. The lowest BCUT2D eigenvalue weighted by Crippen LogP contribution is -2.18. The van der Waals surface area contributed by atoms with Crippen molar-refractivity contribution in [1.82, 2.24) is 4.98 Å². The molecule has 2 aromatic carbocycles. The molecule has 26 heavy (non-hydrogen) atoms. The van der Waals surface area contributed by atoms with Gasteiger partial charge >= 0.3 is 5.97 Å². The standard InChI is InChI=1S/C20H21NO5/c1-11(2)16(26-23)9-13-14(20(22)25-4)10-17(24-3)19-18(13)12-7-5-6-8-15(12)21-19/h5-8,10,16,21,23H,1,9H2,2-4H3. The van der Waals surface area contributed by atoms with Crippen LogP contribution < -0.4 is 4.74 Å². The summed E-state index contributed by atoms with van der Waals surface area (Å²) in [5.41, 5.74) is 3.40. The van der Waals surface area contributed by atoms with Crippen LogP contribution in [-0.4, -0.2) is 36.5 Å². The molecule has 2 N–H and O–H groups in total. The number of aromatic amines is 1. The van der Waals surface area contributed by atoms with Crippen LogP contribution in [0.1, 0.15) is 22.8 Å². The van der Waals surface area contributed by atoms with E-state index in [1.54, 1.807) is 20.1 Å². The maximum Gasteiger partial charge on any atom is 0.338 e. The van der Waals surface area contributed by atoms with Crippen molar-refractivity contribution < 1.29 is 24.4 Å². The normalized spacial score (nSPS) is 12.3. The SMILES string of the molecule is C=C(C)C(Cc1c(C(=O)OC)cc(OC)c2[nH]c3ccccc3c12)OO. The van der Waals surface area contributed by atoms with Gasteiger partial charge in [-0.15, -0.1) is 0 Å². The third kappa shape index (κ3) is 2.94. The third-order valence-corrected chi connectivity index (χ3v) is 4.55. The Morgan fingerprint density at radius 3 is 2.65 bits per heavy atom. The average Bonchev–Trinajstić information content (AvgIpc) is 3.04. The minimum Gasteiger partial charge on any atom is -0.495 e. The molecule has 0 aliphatic heterocycles. The molecular weight excluding hydrogens is 334 g/mol. The van der Waals surface area contributed by atoms with Gasteiger partial charge in [0, 0.05) is 22.7 Å². The summed E-state index contributed by atoms with van der Waals surface area (Å²) in [7, 11) is 2.88. The Morgan fingerprint density at radius 2 is 2.04 bits per heavy atom. The van der Waals surface area contributed by atoms with E-state index in [-0.39, 0.29) is 6.42 Å². The summed E-state index contributed by atoms with van der Waals surface area (Å²) in [6, 6.07) is 9.42. The first-order valence-corrected chi connectivity index (χ1v) is 8.16. The quantitative estimate of drug-likeness (QED) is 0.301. The van der Waals surface area contributed by atoms with E-state index in [4.69, 9.17) is 9.47 Å². The molecule has 1 aromatic heterocycles. The van der Waals surface area contributed by atoms with Gasteiger partial charge in [0.1, 0.15) is 11.9 Å². The first kappa shape index (κ1) is 18.0. The van der Waals surface area contributed by atoms with E-state index in [1.807, 2.05) is 24.3 Å². The van der Waals surface area contributed by atoms with Gasteiger partial charge in [-0.2, -0.15) is 0 Å². The van der Waals surface area contributed by atoms with Gasteiger partial charge in [0.2, 0.25) is 0 Å². The van der Waals surface area contributed by atoms with Crippen LogP contribution in [0.2, 0.25) is 0 Å². The topological polar surface area (TPSA) is 80.8 Å². The van der Waals surface area contributed by atoms with Crippen LogP contribution in [0.15, 0.2) is 42.5 Å². The number of aromatic nitrogens is 1. The number of nitrogens with one attached hydrogen (secondary N) is 1. The monoisotopic (exact) mass is 355 g/mol. The fraction of sp³-hybridized carbons (Fsp3) is 0.250. The van der Waals surface area contributed by atoms with Crippen molar-refractivity contribution >= 4 is 27.8 Å². The Kier molecular flexibility index (Phi) is 4.97. The summed E-state index contributed by atoms with van der Waals surface area (Å²) < 4.78 is 10.4. The number of rotatable bonds is 6. The van der Waals surface area contributed by atoms with Crippen molar-refractivity contribution in [3.8, 4) is 5.75 Å². The van der Waals surface area contributed by atoms with Gasteiger partial charge in [0.25, 0.3) is 0 Å². The zero-order chi connectivity index (χ0) is 18.8. The summed E-state index contributed by atoms with van der Waals surface area (Å²) in [6.45, 7) is 5.61.